The molecule has 6 nitrogen and oxygen atoms in total. The smallest absolute Gasteiger partial charge is 0.317 e. The van der Waals surface area contributed by atoms with Crippen LogP contribution in [0.3, 0.4) is 0 Å². The number of hydrogen-bond acceptors (Lipinski definition) is 3. The first-order valence-corrected chi connectivity index (χ1v) is 10.2. The number of amides is 2. The third-order valence-corrected chi connectivity index (χ3v) is 5.47. The highest BCUT2D eigenvalue weighted by molar-refractivity contribution is 5.74. The number of rotatable bonds is 7. The molecule has 0 aliphatic carbocycles. The second-order valence-electron chi connectivity index (χ2n) is 7.85. The number of aromatic nitrogens is 2. The summed E-state index contributed by atoms with van der Waals surface area (Å²) in [5, 5.41) is 3.05. The Labute approximate surface area is 167 Å². The van der Waals surface area contributed by atoms with Crippen LogP contribution in [-0.2, 0) is 13.0 Å². The molecule has 2 amide bonds. The summed E-state index contributed by atoms with van der Waals surface area (Å²) >= 11 is 0. The zero-order chi connectivity index (χ0) is 19.9. The van der Waals surface area contributed by atoms with Gasteiger partial charge in [-0.05, 0) is 42.9 Å². The van der Waals surface area contributed by atoms with Crippen LogP contribution in [-0.4, -0.2) is 47.2 Å². The Hall–Kier alpha value is -2.50. The molecule has 0 bridgehead atoms. The van der Waals surface area contributed by atoms with E-state index in [0.29, 0.717) is 18.4 Å². The predicted octanol–water partition coefficient (Wildman–Crippen LogP) is 3.68. The van der Waals surface area contributed by atoms with Gasteiger partial charge in [0, 0.05) is 44.5 Å². The SMILES string of the molecule is COc1ccc(CCNC(=O)N2CCC(Cn3ccnc3C(C)C)CC2)cc1. The Morgan fingerprint density at radius 3 is 2.61 bits per heavy atom. The highest BCUT2D eigenvalue weighted by Gasteiger charge is 2.23. The van der Waals surface area contributed by atoms with Gasteiger partial charge in [-0.2, -0.15) is 0 Å². The maximum absolute atomic E-state index is 12.4. The van der Waals surface area contributed by atoms with E-state index >= 15 is 0 Å². The lowest BCUT2D eigenvalue weighted by Crippen LogP contribution is -2.45. The maximum atomic E-state index is 12.4. The molecule has 0 atom stereocenters. The van der Waals surface area contributed by atoms with Crippen molar-refractivity contribution in [1.82, 2.24) is 19.8 Å². The molecular formula is C22H32N4O2. The van der Waals surface area contributed by atoms with Crippen molar-refractivity contribution >= 4 is 6.03 Å². The number of ether oxygens (including phenoxy) is 1. The molecule has 0 unspecified atom stereocenters. The van der Waals surface area contributed by atoms with E-state index in [2.05, 4.69) is 34.9 Å². The van der Waals surface area contributed by atoms with Crippen molar-refractivity contribution < 1.29 is 9.53 Å². The summed E-state index contributed by atoms with van der Waals surface area (Å²) in [6.07, 6.45) is 6.88. The molecule has 2 heterocycles. The summed E-state index contributed by atoms with van der Waals surface area (Å²) in [6, 6.07) is 8.04. The molecule has 152 valence electrons. The molecule has 1 aliphatic rings. The van der Waals surface area contributed by atoms with E-state index in [0.717, 1.165) is 50.5 Å². The fourth-order valence-corrected chi connectivity index (χ4v) is 3.79. The van der Waals surface area contributed by atoms with E-state index in [1.54, 1.807) is 7.11 Å². The van der Waals surface area contributed by atoms with Gasteiger partial charge in [-0.1, -0.05) is 26.0 Å². The Bertz CT molecular complexity index is 746. The zero-order valence-electron chi connectivity index (χ0n) is 17.2. The minimum atomic E-state index is 0.0532. The minimum absolute atomic E-state index is 0.0532. The second kappa shape index (κ2) is 9.62. The molecule has 3 rings (SSSR count). The van der Waals surface area contributed by atoms with Crippen molar-refractivity contribution in [2.24, 2.45) is 5.92 Å². The molecule has 2 aromatic rings. The van der Waals surface area contributed by atoms with E-state index in [1.165, 1.54) is 5.56 Å². The monoisotopic (exact) mass is 384 g/mol. The Morgan fingerprint density at radius 2 is 1.96 bits per heavy atom. The molecule has 1 aromatic carbocycles. The minimum Gasteiger partial charge on any atom is -0.497 e. The molecule has 0 radical (unpaired) electrons. The molecular weight excluding hydrogens is 352 g/mol. The first-order valence-electron chi connectivity index (χ1n) is 10.2. The van der Waals surface area contributed by atoms with Gasteiger partial charge in [-0.25, -0.2) is 9.78 Å². The van der Waals surface area contributed by atoms with Gasteiger partial charge < -0.3 is 19.5 Å². The highest BCUT2D eigenvalue weighted by Crippen LogP contribution is 2.21. The van der Waals surface area contributed by atoms with Crippen molar-refractivity contribution in [2.45, 2.75) is 45.6 Å². The number of likely N-dealkylation sites (tertiary alicyclic amines) is 1. The van der Waals surface area contributed by atoms with Gasteiger partial charge >= 0.3 is 6.03 Å². The summed E-state index contributed by atoms with van der Waals surface area (Å²) in [7, 11) is 1.66. The van der Waals surface area contributed by atoms with Gasteiger partial charge in [-0.3, -0.25) is 0 Å². The number of carbonyl (C=O) groups is 1. The van der Waals surface area contributed by atoms with Crippen LogP contribution in [0.25, 0.3) is 0 Å². The van der Waals surface area contributed by atoms with E-state index < -0.39 is 0 Å². The van der Waals surface area contributed by atoms with Crippen LogP contribution < -0.4 is 10.1 Å². The summed E-state index contributed by atoms with van der Waals surface area (Å²) in [6.45, 7) is 7.66. The maximum Gasteiger partial charge on any atom is 0.317 e. The lowest BCUT2D eigenvalue weighted by molar-refractivity contribution is 0.165. The number of piperidine rings is 1. The molecule has 1 aliphatic heterocycles. The molecule has 0 saturated carbocycles. The van der Waals surface area contributed by atoms with E-state index in [9.17, 15) is 4.79 Å². The molecule has 0 spiro atoms. The quantitative estimate of drug-likeness (QED) is 0.792. The highest BCUT2D eigenvalue weighted by atomic mass is 16.5. The number of hydrogen-bond donors (Lipinski definition) is 1. The van der Waals surface area contributed by atoms with Gasteiger partial charge in [-0.15, -0.1) is 0 Å². The van der Waals surface area contributed by atoms with Crippen molar-refractivity contribution in [2.75, 3.05) is 26.7 Å². The Kier molecular flexibility index (Phi) is 6.95. The molecule has 1 aromatic heterocycles. The van der Waals surface area contributed by atoms with Crippen molar-refractivity contribution in [3.8, 4) is 5.75 Å². The largest absolute Gasteiger partial charge is 0.497 e. The molecule has 6 heteroatoms. The Morgan fingerprint density at radius 1 is 1.25 bits per heavy atom. The normalized spacial score (nSPS) is 15.1. The summed E-state index contributed by atoms with van der Waals surface area (Å²) in [5.74, 6) is 3.05. The van der Waals surface area contributed by atoms with E-state index in [-0.39, 0.29) is 6.03 Å². The lowest BCUT2D eigenvalue weighted by atomic mass is 9.96. The summed E-state index contributed by atoms with van der Waals surface area (Å²) in [4.78, 5) is 18.9. The number of nitrogens with zero attached hydrogens (tertiary/aromatic N) is 3. The average molecular weight is 385 g/mol. The van der Waals surface area contributed by atoms with Crippen LogP contribution in [0.1, 0.15) is 44.0 Å². The van der Waals surface area contributed by atoms with E-state index in [1.807, 2.05) is 35.4 Å². The summed E-state index contributed by atoms with van der Waals surface area (Å²) < 4.78 is 7.45. The van der Waals surface area contributed by atoms with Gasteiger partial charge in [0.25, 0.3) is 0 Å². The lowest BCUT2D eigenvalue weighted by Gasteiger charge is -2.32. The molecule has 1 fully saturated rings. The fourth-order valence-electron chi connectivity index (χ4n) is 3.79. The van der Waals surface area contributed by atoms with Gasteiger partial charge in [0.1, 0.15) is 11.6 Å². The molecule has 1 N–H and O–H groups in total. The fraction of sp³-hybridized carbons (Fsp3) is 0.545. The number of imidazole rings is 1. The van der Waals surface area contributed by atoms with Crippen LogP contribution in [0.4, 0.5) is 4.79 Å². The molecule has 1 saturated heterocycles. The number of nitrogens with one attached hydrogen (secondary N) is 1. The third-order valence-electron chi connectivity index (χ3n) is 5.47. The first kappa shape index (κ1) is 20.2. The standard InChI is InChI=1S/C22H32N4O2/c1-17(2)21-23-12-15-26(21)16-19-9-13-25(14-10-19)22(27)24-11-8-18-4-6-20(28-3)7-5-18/h4-7,12,15,17,19H,8-11,13-14,16H2,1-3H3,(H,24,27). The topological polar surface area (TPSA) is 59.4 Å². The third kappa shape index (κ3) is 5.27. The average Bonchev–Trinajstić information content (AvgIpc) is 3.17. The Balaban J connectivity index is 1.39. The van der Waals surface area contributed by atoms with Crippen molar-refractivity contribution in [3.63, 3.8) is 0 Å². The number of urea groups is 1. The number of benzene rings is 1. The number of carbonyl (C=O) groups excluding carboxylic acids is 1. The van der Waals surface area contributed by atoms with Gasteiger partial charge in [0.2, 0.25) is 0 Å². The van der Waals surface area contributed by atoms with Crippen LogP contribution in [0.15, 0.2) is 36.7 Å². The second-order valence-corrected chi connectivity index (χ2v) is 7.85. The summed E-state index contributed by atoms with van der Waals surface area (Å²) in [5.41, 5.74) is 1.20. The van der Waals surface area contributed by atoms with Crippen LogP contribution >= 0.6 is 0 Å². The van der Waals surface area contributed by atoms with Gasteiger partial charge in [0.05, 0.1) is 7.11 Å². The van der Waals surface area contributed by atoms with E-state index in [4.69, 9.17) is 4.74 Å². The van der Waals surface area contributed by atoms with Crippen molar-refractivity contribution in [1.29, 1.82) is 0 Å². The van der Waals surface area contributed by atoms with Crippen LogP contribution in [0.2, 0.25) is 0 Å². The van der Waals surface area contributed by atoms with Crippen LogP contribution in [0.5, 0.6) is 5.75 Å². The van der Waals surface area contributed by atoms with Crippen molar-refractivity contribution in [3.05, 3.63) is 48.0 Å². The zero-order valence-corrected chi connectivity index (χ0v) is 17.2. The molecule has 28 heavy (non-hydrogen) atoms. The predicted molar refractivity (Wildman–Crippen MR) is 111 cm³/mol. The van der Waals surface area contributed by atoms with Crippen LogP contribution in [0, 0.1) is 5.92 Å². The number of methoxy groups -OCH3 is 1. The first-order chi connectivity index (χ1) is 13.6. The van der Waals surface area contributed by atoms with Gasteiger partial charge in [0.15, 0.2) is 0 Å².